The summed E-state index contributed by atoms with van der Waals surface area (Å²) in [6, 6.07) is 4.41. The van der Waals surface area contributed by atoms with Crippen molar-refractivity contribution in [2.24, 2.45) is 29.1 Å². The molecule has 2 aromatic rings. The Morgan fingerprint density at radius 1 is 1.04 bits per heavy atom. The van der Waals surface area contributed by atoms with Gasteiger partial charge in [0, 0.05) is 23.6 Å². The van der Waals surface area contributed by atoms with Crippen molar-refractivity contribution in [2.45, 2.75) is 134 Å². The molecule has 3 aliphatic carbocycles. The standard InChI is InChI=1S/C42H54ClN3O9S/c1-24-9-6-7-10-26-20-42(26,40(50)45-56(51,52)29-15-16-29)21-34(47)33-18-28(23-46(33)39(49)31(25(2)17-24)19-36(48)55-41(3,4)5)54-38-30-11-8-12-32(43)37(30)35(22-44-38)53-27-13-14-27/h7-8,10-12,22,24-29,31,33H,6,9,13-21,23H2,1-5H3,(H,45,50)/b10-7-/t24?,25-,26-,28-,31+,33+,42-/m1/s1. The van der Waals surface area contributed by atoms with Crippen molar-refractivity contribution >= 4 is 56.0 Å². The van der Waals surface area contributed by atoms with Crippen LogP contribution < -0.4 is 14.2 Å². The molecule has 3 heterocycles. The number of esters is 1. The number of nitrogens with zero attached hydrogens (tertiary/aromatic N) is 2. The van der Waals surface area contributed by atoms with E-state index in [4.69, 9.17) is 25.8 Å². The summed E-state index contributed by atoms with van der Waals surface area (Å²) in [7, 11) is -3.86. The van der Waals surface area contributed by atoms with E-state index in [0.29, 0.717) is 47.2 Å². The van der Waals surface area contributed by atoms with E-state index < -0.39 is 56.2 Å². The van der Waals surface area contributed by atoms with Gasteiger partial charge in [0.2, 0.25) is 27.7 Å². The van der Waals surface area contributed by atoms with Crippen molar-refractivity contribution in [3.63, 3.8) is 0 Å². The highest BCUT2D eigenvalue weighted by Crippen LogP contribution is 2.57. The van der Waals surface area contributed by atoms with Gasteiger partial charge in [-0.05, 0) is 102 Å². The van der Waals surface area contributed by atoms with Crippen LogP contribution in [0.15, 0.2) is 36.5 Å². The van der Waals surface area contributed by atoms with Crippen LogP contribution in [0.1, 0.15) is 105 Å². The van der Waals surface area contributed by atoms with Crippen molar-refractivity contribution in [3.05, 3.63) is 41.6 Å². The number of amides is 2. The minimum Gasteiger partial charge on any atom is -0.488 e. The van der Waals surface area contributed by atoms with Crippen LogP contribution in [0.25, 0.3) is 10.8 Å². The average Bonchev–Trinajstić information content (AvgIpc) is 4.01. The first-order valence-corrected chi connectivity index (χ1v) is 22.0. The fourth-order valence-corrected chi connectivity index (χ4v) is 10.1. The topological polar surface area (TPSA) is 158 Å². The number of benzene rings is 1. The van der Waals surface area contributed by atoms with Crippen LogP contribution >= 0.6 is 11.6 Å². The third kappa shape index (κ3) is 9.03. The number of aromatic nitrogens is 1. The van der Waals surface area contributed by atoms with Crippen LogP contribution in [0.5, 0.6) is 11.6 Å². The normalized spacial score (nSPS) is 30.7. The third-order valence-electron chi connectivity index (χ3n) is 11.9. The molecular formula is C42H54ClN3O9S. The summed E-state index contributed by atoms with van der Waals surface area (Å²) in [6.07, 6.45) is 10.1. The second-order valence-corrected chi connectivity index (χ2v) is 20.3. The molecule has 56 heavy (non-hydrogen) atoms. The van der Waals surface area contributed by atoms with Gasteiger partial charge in [-0.15, -0.1) is 0 Å². The zero-order valence-corrected chi connectivity index (χ0v) is 34.5. The van der Waals surface area contributed by atoms with Crippen LogP contribution in [0.4, 0.5) is 0 Å². The Morgan fingerprint density at radius 2 is 1.79 bits per heavy atom. The molecule has 1 saturated heterocycles. The maximum atomic E-state index is 14.9. The molecule has 14 heteroatoms. The SMILES string of the molecule is CC1CC/C=C\[C@@H]2C[C@@]2(C(=O)NS(=O)(=O)C2CC2)CC(=O)[C@@H]2C[C@@H](Oc3ncc(OC4CC4)c4c(Cl)cccc34)CN2C(=O)[C@@H](CC(=O)OC(C)(C)C)[C@H](C)C1. The second-order valence-electron chi connectivity index (χ2n) is 17.9. The van der Waals surface area contributed by atoms with E-state index in [1.54, 1.807) is 39.1 Å². The highest BCUT2D eigenvalue weighted by molar-refractivity contribution is 7.90. The molecule has 5 aliphatic rings. The summed E-state index contributed by atoms with van der Waals surface area (Å²) in [5.74, 6) is -2.19. The van der Waals surface area contributed by atoms with Crippen molar-refractivity contribution in [3.8, 4) is 11.6 Å². The molecule has 0 bridgehead atoms. The van der Waals surface area contributed by atoms with Crippen molar-refractivity contribution in [1.82, 2.24) is 14.6 Å². The maximum Gasteiger partial charge on any atom is 0.307 e. The van der Waals surface area contributed by atoms with Gasteiger partial charge < -0.3 is 19.1 Å². The van der Waals surface area contributed by atoms with Crippen molar-refractivity contribution in [1.29, 1.82) is 0 Å². The van der Waals surface area contributed by atoms with Crippen LogP contribution in [0.2, 0.25) is 5.02 Å². The van der Waals surface area contributed by atoms with Gasteiger partial charge in [0.25, 0.3) is 0 Å². The Hall–Kier alpha value is -3.71. The molecule has 2 aliphatic heterocycles. The molecule has 304 valence electrons. The zero-order valence-electron chi connectivity index (χ0n) is 32.9. The Morgan fingerprint density at radius 3 is 2.48 bits per heavy atom. The number of nitrogens with one attached hydrogen (secondary N) is 1. The molecule has 0 radical (unpaired) electrons. The Balaban J connectivity index is 1.22. The summed E-state index contributed by atoms with van der Waals surface area (Å²) in [6.45, 7) is 9.46. The average molecular weight is 812 g/mol. The van der Waals surface area contributed by atoms with Gasteiger partial charge in [-0.1, -0.05) is 43.7 Å². The summed E-state index contributed by atoms with van der Waals surface area (Å²) in [4.78, 5) is 62.9. The second kappa shape index (κ2) is 15.6. The number of ether oxygens (including phenoxy) is 3. The quantitative estimate of drug-likeness (QED) is 0.213. The zero-order chi connectivity index (χ0) is 40.2. The van der Waals surface area contributed by atoms with E-state index in [1.807, 2.05) is 25.1 Å². The third-order valence-corrected chi connectivity index (χ3v) is 14.0. The van der Waals surface area contributed by atoms with Crippen molar-refractivity contribution in [2.75, 3.05) is 6.54 Å². The van der Waals surface area contributed by atoms with Gasteiger partial charge in [0.05, 0.1) is 52.9 Å². The number of ketones is 1. The van der Waals surface area contributed by atoms with E-state index in [9.17, 15) is 27.6 Å². The van der Waals surface area contributed by atoms with E-state index in [-0.39, 0.29) is 67.2 Å². The van der Waals surface area contributed by atoms with Gasteiger partial charge in [0.1, 0.15) is 17.5 Å². The summed E-state index contributed by atoms with van der Waals surface area (Å²) < 4.78 is 46.5. The van der Waals surface area contributed by atoms with Gasteiger partial charge >= 0.3 is 5.97 Å². The first kappa shape index (κ1) is 40.5. The Kier molecular flexibility index (Phi) is 11.3. The van der Waals surface area contributed by atoms with E-state index in [1.165, 1.54) is 4.90 Å². The number of carbonyl (C=O) groups is 4. The molecule has 2 amide bonds. The van der Waals surface area contributed by atoms with E-state index in [2.05, 4.69) is 16.6 Å². The fraction of sp³-hybridized carbons (Fsp3) is 0.643. The van der Waals surface area contributed by atoms with Gasteiger partial charge in [-0.2, -0.15) is 0 Å². The number of hydrogen-bond donors (Lipinski definition) is 1. The number of Topliss-reactive ketones (excluding diaryl/α,β-unsaturated/α-hetero) is 1. The number of carbonyl (C=O) groups excluding carboxylic acids is 4. The molecule has 1 unspecified atom stereocenters. The minimum atomic E-state index is -3.86. The van der Waals surface area contributed by atoms with E-state index >= 15 is 0 Å². The number of rotatable bonds is 9. The largest absolute Gasteiger partial charge is 0.488 e. The molecule has 12 nitrogen and oxygen atoms in total. The maximum absolute atomic E-state index is 14.9. The monoisotopic (exact) mass is 811 g/mol. The predicted octanol–water partition coefficient (Wildman–Crippen LogP) is 6.71. The van der Waals surface area contributed by atoms with Gasteiger partial charge in [-0.3, -0.25) is 23.9 Å². The molecule has 7 atom stereocenters. The molecule has 1 aromatic carbocycles. The first-order valence-electron chi connectivity index (χ1n) is 20.1. The molecule has 0 spiro atoms. The molecule has 1 aromatic heterocycles. The van der Waals surface area contributed by atoms with Crippen LogP contribution in [-0.4, -0.2) is 77.5 Å². The summed E-state index contributed by atoms with van der Waals surface area (Å²) >= 11 is 6.68. The number of halogens is 1. The molecule has 1 N–H and O–H groups in total. The molecular weight excluding hydrogens is 758 g/mol. The van der Waals surface area contributed by atoms with Gasteiger partial charge in [-0.25, -0.2) is 13.4 Å². The highest BCUT2D eigenvalue weighted by Gasteiger charge is 2.61. The first-order chi connectivity index (χ1) is 26.4. The lowest BCUT2D eigenvalue weighted by Gasteiger charge is -2.32. The van der Waals surface area contributed by atoms with Crippen LogP contribution in [0, 0.1) is 29.1 Å². The number of sulfonamides is 1. The van der Waals surface area contributed by atoms with Crippen LogP contribution in [-0.2, 0) is 33.9 Å². The molecule has 7 rings (SSSR count). The lowest BCUT2D eigenvalue weighted by molar-refractivity contribution is -0.160. The minimum absolute atomic E-state index is 0.0327. The number of fused-ring (bicyclic) bond motifs is 3. The lowest BCUT2D eigenvalue weighted by atomic mass is 9.82. The number of pyridine rings is 1. The summed E-state index contributed by atoms with van der Waals surface area (Å²) in [5, 5.41) is 1.16. The molecule has 4 fully saturated rings. The number of hydrogen-bond acceptors (Lipinski definition) is 10. The predicted molar refractivity (Wildman–Crippen MR) is 210 cm³/mol. The van der Waals surface area contributed by atoms with E-state index in [0.717, 1.165) is 25.7 Å². The lowest BCUT2D eigenvalue weighted by Crippen LogP contribution is -2.47. The Labute approximate surface area is 334 Å². The summed E-state index contributed by atoms with van der Waals surface area (Å²) in [5.41, 5.74) is -2.02. The number of allylic oxidation sites excluding steroid dienone is 2. The van der Waals surface area contributed by atoms with Crippen LogP contribution in [0.3, 0.4) is 0 Å². The molecule has 3 saturated carbocycles. The highest BCUT2D eigenvalue weighted by atomic mass is 35.5. The van der Waals surface area contributed by atoms with Crippen molar-refractivity contribution < 1.29 is 41.8 Å². The Bertz CT molecular complexity index is 2020. The van der Waals surface area contributed by atoms with Gasteiger partial charge in [0.15, 0.2) is 5.78 Å². The fourth-order valence-electron chi connectivity index (χ4n) is 8.46. The smallest absolute Gasteiger partial charge is 0.307 e.